The summed E-state index contributed by atoms with van der Waals surface area (Å²) in [7, 11) is -2.79. The quantitative estimate of drug-likeness (QED) is 0.276. The van der Waals surface area contributed by atoms with Crippen LogP contribution in [0.5, 0.6) is 0 Å². The lowest BCUT2D eigenvalue weighted by Gasteiger charge is -2.23. The zero-order valence-electron chi connectivity index (χ0n) is 19.4. The number of carbonyl (C=O) groups excluding carboxylic acids is 4. The van der Waals surface area contributed by atoms with Crippen LogP contribution < -0.4 is 21.1 Å². The van der Waals surface area contributed by atoms with Gasteiger partial charge in [-0.2, -0.15) is 0 Å². The first kappa shape index (κ1) is 26.8. The number of aromatic nitrogens is 1. The average molecular weight is 494 g/mol. The number of hydrogen-bond donors (Lipinski definition) is 5. The zero-order chi connectivity index (χ0) is 25.5. The van der Waals surface area contributed by atoms with Crippen LogP contribution in [0.15, 0.2) is 30.5 Å². The number of carbonyl (C=O) groups is 4. The van der Waals surface area contributed by atoms with Crippen molar-refractivity contribution in [2.75, 3.05) is 12.8 Å². The average Bonchev–Trinajstić information content (AvgIpc) is 3.13. The standard InChI is InChI=1S/C22H31N5O6S/c1-13(2)8-14(10-20(29)27-34(32,33)12-19(23)28)21(30)26-18(22(31)24-3)9-15-11-25-17-7-5-4-6-16(15)17/h4-7,11,13-14,18,25H,8-10,12H2,1-3H3,(H2,23,28)(H,24,31)(H,26,30)(H,27,29). The molecule has 0 fully saturated rings. The molecular weight excluding hydrogens is 462 g/mol. The highest BCUT2D eigenvalue weighted by Crippen LogP contribution is 2.20. The molecule has 186 valence electrons. The third-order valence-corrected chi connectivity index (χ3v) is 6.34. The fraction of sp³-hybridized carbons (Fsp3) is 0.455. The number of benzene rings is 1. The molecule has 0 aliphatic rings. The van der Waals surface area contributed by atoms with Crippen LogP contribution in [0.3, 0.4) is 0 Å². The molecule has 2 atom stereocenters. The second-order valence-electron chi connectivity index (χ2n) is 8.52. The predicted molar refractivity (Wildman–Crippen MR) is 127 cm³/mol. The summed E-state index contributed by atoms with van der Waals surface area (Å²) in [5, 5.41) is 6.16. The van der Waals surface area contributed by atoms with E-state index >= 15 is 0 Å². The number of aromatic amines is 1. The number of para-hydroxylation sites is 1. The summed E-state index contributed by atoms with van der Waals surface area (Å²) in [6.45, 7) is 3.70. The molecule has 1 heterocycles. The molecule has 11 nitrogen and oxygen atoms in total. The molecule has 0 spiro atoms. The molecule has 2 unspecified atom stereocenters. The molecule has 0 radical (unpaired) electrons. The van der Waals surface area contributed by atoms with Crippen molar-refractivity contribution in [1.29, 1.82) is 0 Å². The van der Waals surface area contributed by atoms with Crippen molar-refractivity contribution >= 4 is 44.6 Å². The van der Waals surface area contributed by atoms with Crippen molar-refractivity contribution in [3.05, 3.63) is 36.0 Å². The molecular formula is C22H31N5O6S. The fourth-order valence-electron chi connectivity index (χ4n) is 3.71. The first-order valence-electron chi connectivity index (χ1n) is 10.8. The minimum atomic E-state index is -4.25. The zero-order valence-corrected chi connectivity index (χ0v) is 20.2. The minimum absolute atomic E-state index is 0.0119. The summed E-state index contributed by atoms with van der Waals surface area (Å²) < 4.78 is 25.4. The first-order valence-corrected chi connectivity index (χ1v) is 12.5. The number of likely N-dealkylation sites (N-methyl/N-ethyl adjacent to an activating group) is 1. The lowest BCUT2D eigenvalue weighted by atomic mass is 9.92. The van der Waals surface area contributed by atoms with Crippen molar-refractivity contribution in [1.82, 2.24) is 20.3 Å². The SMILES string of the molecule is CNC(=O)C(Cc1c[nH]c2ccccc12)NC(=O)C(CC(=O)NS(=O)(=O)CC(N)=O)CC(C)C. The largest absolute Gasteiger partial charge is 0.369 e. The Hall–Kier alpha value is -3.41. The Morgan fingerprint density at radius 1 is 1.09 bits per heavy atom. The Balaban J connectivity index is 2.17. The lowest BCUT2D eigenvalue weighted by Crippen LogP contribution is -2.49. The highest BCUT2D eigenvalue weighted by atomic mass is 32.2. The van der Waals surface area contributed by atoms with Crippen molar-refractivity contribution in [3.63, 3.8) is 0 Å². The summed E-state index contributed by atoms with van der Waals surface area (Å²) in [6.07, 6.45) is 1.83. The normalized spacial score (nSPS) is 13.3. The number of rotatable bonds is 12. The van der Waals surface area contributed by atoms with Gasteiger partial charge in [0.25, 0.3) is 0 Å². The molecule has 1 aromatic heterocycles. The topological polar surface area (TPSA) is 180 Å². The predicted octanol–water partition coefficient (Wildman–Crippen LogP) is -0.0751. The summed E-state index contributed by atoms with van der Waals surface area (Å²) in [6, 6.07) is 6.65. The van der Waals surface area contributed by atoms with Crippen LogP contribution in [0.25, 0.3) is 10.9 Å². The number of nitrogens with two attached hydrogens (primary N) is 1. The van der Waals surface area contributed by atoms with Gasteiger partial charge in [-0.25, -0.2) is 8.42 Å². The number of primary amides is 1. The molecule has 12 heteroatoms. The highest BCUT2D eigenvalue weighted by Gasteiger charge is 2.29. The summed E-state index contributed by atoms with van der Waals surface area (Å²) in [4.78, 5) is 51.9. The number of amides is 4. The Labute approximate surface area is 198 Å². The van der Waals surface area contributed by atoms with Gasteiger partial charge in [-0.15, -0.1) is 0 Å². The Morgan fingerprint density at radius 3 is 2.38 bits per heavy atom. The molecule has 0 bridgehead atoms. The van der Waals surface area contributed by atoms with E-state index in [2.05, 4.69) is 15.6 Å². The molecule has 0 aliphatic heterocycles. The van der Waals surface area contributed by atoms with Gasteiger partial charge in [0.15, 0.2) is 0 Å². The van der Waals surface area contributed by atoms with E-state index in [9.17, 15) is 27.6 Å². The van der Waals surface area contributed by atoms with Crippen molar-refractivity contribution in [2.24, 2.45) is 17.6 Å². The van der Waals surface area contributed by atoms with Crippen LogP contribution in [-0.2, 0) is 35.6 Å². The summed E-state index contributed by atoms with van der Waals surface area (Å²) >= 11 is 0. The molecule has 2 rings (SSSR count). The molecule has 0 saturated heterocycles. The lowest BCUT2D eigenvalue weighted by molar-refractivity contribution is -0.133. The monoisotopic (exact) mass is 493 g/mol. The van der Waals surface area contributed by atoms with E-state index in [1.807, 2.05) is 38.1 Å². The maximum Gasteiger partial charge on any atom is 0.243 e. The van der Waals surface area contributed by atoms with Gasteiger partial charge in [0.2, 0.25) is 33.7 Å². The van der Waals surface area contributed by atoms with Gasteiger partial charge < -0.3 is 21.4 Å². The van der Waals surface area contributed by atoms with E-state index in [0.717, 1.165) is 16.5 Å². The number of H-pyrrole nitrogens is 1. The van der Waals surface area contributed by atoms with Crippen LogP contribution >= 0.6 is 0 Å². The van der Waals surface area contributed by atoms with Gasteiger partial charge in [-0.1, -0.05) is 32.0 Å². The Kier molecular flexibility index (Phi) is 9.19. The van der Waals surface area contributed by atoms with Gasteiger partial charge >= 0.3 is 0 Å². The highest BCUT2D eigenvalue weighted by molar-refractivity contribution is 7.90. The minimum Gasteiger partial charge on any atom is -0.369 e. The maximum atomic E-state index is 13.1. The van der Waals surface area contributed by atoms with Crippen LogP contribution in [0.2, 0.25) is 0 Å². The smallest absolute Gasteiger partial charge is 0.243 e. The van der Waals surface area contributed by atoms with E-state index in [-0.39, 0.29) is 18.8 Å². The van der Waals surface area contributed by atoms with E-state index in [1.54, 1.807) is 10.9 Å². The van der Waals surface area contributed by atoms with Crippen LogP contribution in [0.4, 0.5) is 0 Å². The second-order valence-corrected chi connectivity index (χ2v) is 10.2. The third-order valence-electron chi connectivity index (χ3n) is 5.14. The molecule has 0 saturated carbocycles. The first-order chi connectivity index (χ1) is 15.9. The fourth-order valence-corrected chi connectivity index (χ4v) is 4.58. The Morgan fingerprint density at radius 2 is 1.76 bits per heavy atom. The molecule has 6 N–H and O–H groups in total. The van der Waals surface area contributed by atoms with E-state index in [0.29, 0.717) is 0 Å². The van der Waals surface area contributed by atoms with Gasteiger partial charge in [-0.3, -0.25) is 23.9 Å². The van der Waals surface area contributed by atoms with Gasteiger partial charge in [0, 0.05) is 42.9 Å². The molecule has 1 aromatic carbocycles. The van der Waals surface area contributed by atoms with E-state index < -0.39 is 57.8 Å². The second kappa shape index (κ2) is 11.6. The van der Waals surface area contributed by atoms with Gasteiger partial charge in [-0.05, 0) is 24.0 Å². The Bertz CT molecular complexity index is 1160. The number of nitrogens with one attached hydrogen (secondary N) is 4. The molecule has 2 aromatic rings. The van der Waals surface area contributed by atoms with Crippen LogP contribution in [0.1, 0.15) is 32.3 Å². The molecule has 34 heavy (non-hydrogen) atoms. The molecule has 4 amide bonds. The number of fused-ring (bicyclic) bond motifs is 1. The van der Waals surface area contributed by atoms with Crippen molar-refractivity contribution in [2.45, 2.75) is 39.2 Å². The van der Waals surface area contributed by atoms with Gasteiger partial charge in [0.05, 0.1) is 0 Å². The van der Waals surface area contributed by atoms with Crippen LogP contribution in [-0.4, -0.2) is 55.9 Å². The summed E-state index contributed by atoms with van der Waals surface area (Å²) in [5.41, 5.74) is 6.61. The number of hydrogen-bond acceptors (Lipinski definition) is 6. The van der Waals surface area contributed by atoms with E-state index in [1.165, 1.54) is 7.05 Å². The van der Waals surface area contributed by atoms with Gasteiger partial charge in [0.1, 0.15) is 11.8 Å². The van der Waals surface area contributed by atoms with Crippen molar-refractivity contribution < 1.29 is 27.6 Å². The maximum absolute atomic E-state index is 13.1. The van der Waals surface area contributed by atoms with Crippen molar-refractivity contribution in [3.8, 4) is 0 Å². The third kappa shape index (κ3) is 7.87. The number of sulfonamides is 1. The molecule has 0 aliphatic carbocycles. The van der Waals surface area contributed by atoms with Crippen LogP contribution in [0, 0.1) is 11.8 Å². The summed E-state index contributed by atoms with van der Waals surface area (Å²) in [5.74, 6) is -4.92. The van der Waals surface area contributed by atoms with E-state index in [4.69, 9.17) is 5.73 Å².